The summed E-state index contributed by atoms with van der Waals surface area (Å²) in [6.45, 7) is 1.73. The van der Waals surface area contributed by atoms with Gasteiger partial charge in [-0.2, -0.15) is 4.98 Å². The average molecular weight is 300 g/mol. The topological polar surface area (TPSA) is 51.0 Å². The van der Waals surface area contributed by atoms with E-state index in [0.29, 0.717) is 5.82 Å². The molecule has 0 bridgehead atoms. The van der Waals surface area contributed by atoms with Gasteiger partial charge in [-0.25, -0.2) is 8.78 Å². The predicted molar refractivity (Wildman–Crippen MR) is 69.5 cm³/mol. The summed E-state index contributed by atoms with van der Waals surface area (Å²) in [4.78, 5) is 4.17. The van der Waals surface area contributed by atoms with Crippen molar-refractivity contribution < 1.29 is 13.3 Å². The van der Waals surface area contributed by atoms with Crippen LogP contribution in [0.15, 0.2) is 16.7 Å². The van der Waals surface area contributed by atoms with E-state index in [1.54, 1.807) is 0 Å². The van der Waals surface area contributed by atoms with Crippen molar-refractivity contribution in [2.24, 2.45) is 0 Å². The smallest absolute Gasteiger partial charge is 0.261 e. The van der Waals surface area contributed by atoms with Gasteiger partial charge >= 0.3 is 0 Å². The fourth-order valence-electron chi connectivity index (χ4n) is 2.27. The first-order valence-electron chi connectivity index (χ1n) is 6.34. The molecule has 0 amide bonds. The fraction of sp³-hybridized carbons (Fsp3) is 0.385. The molecule has 1 aliphatic heterocycles. The Balaban J connectivity index is 1.91. The molecular weight excluding hydrogens is 288 g/mol. The molecule has 1 aromatic heterocycles. The van der Waals surface area contributed by atoms with Gasteiger partial charge in [-0.05, 0) is 31.5 Å². The van der Waals surface area contributed by atoms with E-state index in [-0.39, 0.29) is 22.4 Å². The SMILES string of the molecule is Fc1cc(-c2nc(C3CCCNC3)no2)c(F)cc1Cl. The number of hydrogen-bond acceptors (Lipinski definition) is 4. The maximum atomic E-state index is 13.8. The molecule has 1 aromatic carbocycles. The molecule has 0 aliphatic carbocycles. The summed E-state index contributed by atoms with van der Waals surface area (Å²) in [5.74, 6) is -0.780. The molecule has 0 spiro atoms. The van der Waals surface area contributed by atoms with E-state index in [4.69, 9.17) is 16.1 Å². The van der Waals surface area contributed by atoms with Gasteiger partial charge in [0, 0.05) is 12.5 Å². The summed E-state index contributed by atoms with van der Waals surface area (Å²) in [6.07, 6.45) is 1.97. The Morgan fingerprint density at radius 3 is 2.90 bits per heavy atom. The largest absolute Gasteiger partial charge is 0.334 e. The Morgan fingerprint density at radius 1 is 1.30 bits per heavy atom. The Morgan fingerprint density at radius 2 is 2.15 bits per heavy atom. The normalized spacial score (nSPS) is 19.2. The Kier molecular flexibility index (Phi) is 3.67. The number of rotatable bonds is 2. The summed E-state index contributed by atoms with van der Waals surface area (Å²) in [5.41, 5.74) is -0.0746. The second-order valence-corrected chi connectivity index (χ2v) is 5.15. The van der Waals surface area contributed by atoms with E-state index in [9.17, 15) is 8.78 Å². The summed E-state index contributed by atoms with van der Waals surface area (Å²) >= 11 is 5.51. The van der Waals surface area contributed by atoms with Crippen molar-refractivity contribution in [3.05, 3.63) is 34.6 Å². The van der Waals surface area contributed by atoms with Crippen molar-refractivity contribution in [3.63, 3.8) is 0 Å². The van der Waals surface area contributed by atoms with Crippen LogP contribution in [0.2, 0.25) is 5.02 Å². The van der Waals surface area contributed by atoms with Crippen LogP contribution in [0, 0.1) is 11.6 Å². The number of benzene rings is 1. The van der Waals surface area contributed by atoms with Crippen molar-refractivity contribution >= 4 is 11.6 Å². The standard InChI is InChI=1S/C13H12ClF2N3O/c14-9-5-10(15)8(4-11(9)16)13-18-12(19-20-13)7-2-1-3-17-6-7/h4-5,7,17H,1-3,6H2. The van der Waals surface area contributed by atoms with Crippen LogP contribution in [0.3, 0.4) is 0 Å². The van der Waals surface area contributed by atoms with Crippen molar-refractivity contribution in [3.8, 4) is 11.5 Å². The molecule has 106 valence electrons. The highest BCUT2D eigenvalue weighted by Gasteiger charge is 2.22. The number of piperidine rings is 1. The molecule has 1 unspecified atom stereocenters. The lowest BCUT2D eigenvalue weighted by atomic mass is 9.99. The number of nitrogens with one attached hydrogen (secondary N) is 1. The van der Waals surface area contributed by atoms with Crippen LogP contribution in [0.25, 0.3) is 11.5 Å². The number of aromatic nitrogens is 2. The van der Waals surface area contributed by atoms with Crippen LogP contribution in [0.5, 0.6) is 0 Å². The first-order chi connectivity index (χ1) is 9.65. The Labute approximate surface area is 119 Å². The molecule has 0 saturated carbocycles. The molecule has 0 radical (unpaired) electrons. The van der Waals surface area contributed by atoms with Gasteiger partial charge in [0.1, 0.15) is 11.6 Å². The fourth-order valence-corrected chi connectivity index (χ4v) is 2.42. The van der Waals surface area contributed by atoms with Crippen LogP contribution >= 0.6 is 11.6 Å². The lowest BCUT2D eigenvalue weighted by Gasteiger charge is -2.19. The summed E-state index contributed by atoms with van der Waals surface area (Å²) < 4.78 is 32.2. The molecule has 4 nitrogen and oxygen atoms in total. The van der Waals surface area contributed by atoms with Gasteiger partial charge in [0.2, 0.25) is 0 Å². The van der Waals surface area contributed by atoms with Gasteiger partial charge in [0.05, 0.1) is 10.6 Å². The maximum Gasteiger partial charge on any atom is 0.261 e. The van der Waals surface area contributed by atoms with Crippen LogP contribution in [0.1, 0.15) is 24.6 Å². The number of halogens is 3. The van der Waals surface area contributed by atoms with E-state index >= 15 is 0 Å². The van der Waals surface area contributed by atoms with Crippen LogP contribution < -0.4 is 5.32 Å². The van der Waals surface area contributed by atoms with E-state index in [1.165, 1.54) is 0 Å². The summed E-state index contributed by atoms with van der Waals surface area (Å²) in [5, 5.41) is 6.82. The summed E-state index contributed by atoms with van der Waals surface area (Å²) in [7, 11) is 0. The first-order valence-corrected chi connectivity index (χ1v) is 6.72. The minimum absolute atomic E-state index is 0.0290. The molecule has 7 heteroatoms. The molecule has 1 aliphatic rings. The molecule has 2 heterocycles. The van der Waals surface area contributed by atoms with Crippen molar-refractivity contribution in [2.45, 2.75) is 18.8 Å². The van der Waals surface area contributed by atoms with Crippen LogP contribution in [-0.2, 0) is 0 Å². The molecule has 3 rings (SSSR count). The molecule has 1 atom stereocenters. The first kappa shape index (κ1) is 13.5. The highest BCUT2D eigenvalue weighted by atomic mass is 35.5. The average Bonchev–Trinajstić information content (AvgIpc) is 2.93. The van der Waals surface area contributed by atoms with E-state index in [2.05, 4.69) is 15.5 Å². The van der Waals surface area contributed by atoms with E-state index < -0.39 is 11.6 Å². The quantitative estimate of drug-likeness (QED) is 0.866. The highest BCUT2D eigenvalue weighted by Crippen LogP contribution is 2.28. The van der Waals surface area contributed by atoms with E-state index in [1.807, 2.05) is 0 Å². The summed E-state index contributed by atoms with van der Waals surface area (Å²) in [6, 6.07) is 1.87. The number of nitrogens with zero attached hydrogens (tertiary/aromatic N) is 2. The lowest BCUT2D eigenvalue weighted by Crippen LogP contribution is -2.28. The second-order valence-electron chi connectivity index (χ2n) is 4.75. The van der Waals surface area contributed by atoms with Gasteiger partial charge in [-0.3, -0.25) is 0 Å². The molecule has 1 N–H and O–H groups in total. The zero-order chi connectivity index (χ0) is 14.1. The van der Waals surface area contributed by atoms with Gasteiger partial charge in [-0.1, -0.05) is 16.8 Å². The molecule has 2 aromatic rings. The van der Waals surface area contributed by atoms with Gasteiger partial charge in [0.15, 0.2) is 5.82 Å². The third-order valence-electron chi connectivity index (χ3n) is 3.34. The lowest BCUT2D eigenvalue weighted by molar-refractivity contribution is 0.392. The zero-order valence-corrected chi connectivity index (χ0v) is 11.3. The number of hydrogen-bond donors (Lipinski definition) is 1. The van der Waals surface area contributed by atoms with Crippen molar-refractivity contribution in [1.29, 1.82) is 0 Å². The zero-order valence-electron chi connectivity index (χ0n) is 10.5. The third kappa shape index (κ3) is 2.53. The Bertz CT molecular complexity index is 626. The van der Waals surface area contributed by atoms with Gasteiger partial charge in [-0.15, -0.1) is 0 Å². The van der Waals surface area contributed by atoms with Crippen LogP contribution in [0.4, 0.5) is 8.78 Å². The molecule has 1 saturated heterocycles. The van der Waals surface area contributed by atoms with E-state index in [0.717, 1.165) is 38.1 Å². The van der Waals surface area contributed by atoms with Crippen molar-refractivity contribution in [2.75, 3.05) is 13.1 Å². The minimum atomic E-state index is -0.720. The maximum absolute atomic E-state index is 13.8. The monoisotopic (exact) mass is 299 g/mol. The van der Waals surface area contributed by atoms with Gasteiger partial charge in [0.25, 0.3) is 5.89 Å². The highest BCUT2D eigenvalue weighted by molar-refractivity contribution is 6.30. The molecule has 20 heavy (non-hydrogen) atoms. The molecular formula is C13H12ClF2N3O. The van der Waals surface area contributed by atoms with Crippen molar-refractivity contribution in [1.82, 2.24) is 15.5 Å². The minimum Gasteiger partial charge on any atom is -0.334 e. The van der Waals surface area contributed by atoms with Crippen LogP contribution in [-0.4, -0.2) is 23.2 Å². The predicted octanol–water partition coefficient (Wildman–Crippen LogP) is 3.14. The third-order valence-corrected chi connectivity index (χ3v) is 3.63. The molecule has 1 fully saturated rings. The van der Waals surface area contributed by atoms with Gasteiger partial charge < -0.3 is 9.84 Å². The second kappa shape index (κ2) is 5.46. The Hall–Kier alpha value is -1.53.